The van der Waals surface area contributed by atoms with Gasteiger partial charge in [0.1, 0.15) is 0 Å². The van der Waals surface area contributed by atoms with E-state index < -0.39 is 0 Å². The van der Waals surface area contributed by atoms with Gasteiger partial charge in [0.2, 0.25) is 5.91 Å². The molecule has 1 amide bonds. The Hall–Kier alpha value is -1.35. The number of nitrogens with zero attached hydrogens (tertiary/aromatic N) is 1. The maximum atomic E-state index is 11.9. The highest BCUT2D eigenvalue weighted by Gasteiger charge is 2.22. The number of carbonyl (C=O) groups excluding carboxylic acids is 1. The number of benzene rings is 1. The lowest BCUT2D eigenvalue weighted by molar-refractivity contribution is -0.118. The molecule has 0 unspecified atom stereocenters. The zero-order valence-electron chi connectivity index (χ0n) is 10.6. The second-order valence-corrected chi connectivity index (χ2v) is 4.78. The summed E-state index contributed by atoms with van der Waals surface area (Å²) in [7, 11) is 0. The SMILES string of the molecule is CC(C)NCCN1C(=O)CCc2ccccc21. The molecule has 1 aromatic rings. The Kier molecular flexibility index (Phi) is 3.79. The quantitative estimate of drug-likeness (QED) is 0.860. The second kappa shape index (κ2) is 5.32. The average Bonchev–Trinajstić information content (AvgIpc) is 2.32. The number of fused-ring (bicyclic) bond motifs is 1. The smallest absolute Gasteiger partial charge is 0.227 e. The molecule has 3 heteroatoms. The number of para-hydroxylation sites is 1. The fraction of sp³-hybridized carbons (Fsp3) is 0.500. The fourth-order valence-electron chi connectivity index (χ4n) is 2.21. The molecule has 1 heterocycles. The van der Waals surface area contributed by atoms with Gasteiger partial charge in [-0.25, -0.2) is 0 Å². The van der Waals surface area contributed by atoms with Crippen molar-refractivity contribution >= 4 is 11.6 Å². The maximum absolute atomic E-state index is 11.9. The van der Waals surface area contributed by atoms with Crippen LogP contribution in [0, 0.1) is 0 Å². The van der Waals surface area contributed by atoms with Gasteiger partial charge >= 0.3 is 0 Å². The molecule has 0 radical (unpaired) electrons. The first-order valence-electron chi connectivity index (χ1n) is 6.30. The summed E-state index contributed by atoms with van der Waals surface area (Å²) in [5.41, 5.74) is 2.38. The first-order valence-corrected chi connectivity index (χ1v) is 6.30. The third-order valence-electron chi connectivity index (χ3n) is 3.08. The van der Waals surface area contributed by atoms with E-state index in [-0.39, 0.29) is 5.91 Å². The van der Waals surface area contributed by atoms with Gasteiger partial charge in [-0.3, -0.25) is 4.79 Å². The van der Waals surface area contributed by atoms with Gasteiger partial charge in [-0.15, -0.1) is 0 Å². The predicted molar refractivity (Wildman–Crippen MR) is 70.3 cm³/mol. The summed E-state index contributed by atoms with van der Waals surface area (Å²) in [5, 5.41) is 3.35. The van der Waals surface area contributed by atoms with E-state index in [2.05, 4.69) is 25.2 Å². The molecule has 3 nitrogen and oxygen atoms in total. The molecule has 1 aliphatic heterocycles. The van der Waals surface area contributed by atoms with Crippen molar-refractivity contribution < 1.29 is 4.79 Å². The van der Waals surface area contributed by atoms with Crippen LogP contribution in [0.4, 0.5) is 5.69 Å². The Balaban J connectivity index is 2.07. The van der Waals surface area contributed by atoms with Crippen LogP contribution in [0.25, 0.3) is 0 Å². The van der Waals surface area contributed by atoms with Crippen molar-refractivity contribution in [2.24, 2.45) is 0 Å². The Bertz CT molecular complexity index is 401. The van der Waals surface area contributed by atoms with E-state index in [0.29, 0.717) is 12.5 Å². The van der Waals surface area contributed by atoms with Gasteiger partial charge in [-0.05, 0) is 18.1 Å². The molecule has 2 rings (SSSR count). The molecule has 17 heavy (non-hydrogen) atoms. The number of aryl methyl sites for hydroxylation is 1. The van der Waals surface area contributed by atoms with Gasteiger partial charge in [0.25, 0.3) is 0 Å². The molecule has 0 saturated carbocycles. The Labute approximate surface area is 103 Å². The fourth-order valence-corrected chi connectivity index (χ4v) is 2.21. The van der Waals surface area contributed by atoms with Gasteiger partial charge in [0, 0.05) is 31.2 Å². The number of amides is 1. The Morgan fingerprint density at radius 1 is 1.29 bits per heavy atom. The number of carbonyl (C=O) groups is 1. The molecule has 0 aliphatic carbocycles. The molecule has 1 aromatic carbocycles. The van der Waals surface area contributed by atoms with E-state index in [1.54, 1.807) is 0 Å². The highest BCUT2D eigenvalue weighted by molar-refractivity contribution is 5.96. The van der Waals surface area contributed by atoms with Crippen LogP contribution >= 0.6 is 0 Å². The summed E-state index contributed by atoms with van der Waals surface area (Å²) in [4.78, 5) is 13.8. The van der Waals surface area contributed by atoms with Crippen molar-refractivity contribution in [3.8, 4) is 0 Å². The first-order chi connectivity index (χ1) is 8.18. The number of nitrogens with one attached hydrogen (secondary N) is 1. The average molecular weight is 232 g/mol. The van der Waals surface area contributed by atoms with Crippen LogP contribution in [0.1, 0.15) is 25.8 Å². The van der Waals surface area contributed by atoms with Gasteiger partial charge < -0.3 is 10.2 Å². The van der Waals surface area contributed by atoms with Crippen molar-refractivity contribution in [2.45, 2.75) is 32.7 Å². The topological polar surface area (TPSA) is 32.3 Å². The lowest BCUT2D eigenvalue weighted by Crippen LogP contribution is -2.41. The third-order valence-corrected chi connectivity index (χ3v) is 3.08. The minimum Gasteiger partial charge on any atom is -0.313 e. The van der Waals surface area contributed by atoms with E-state index in [0.717, 1.165) is 25.2 Å². The summed E-state index contributed by atoms with van der Waals surface area (Å²) in [6.07, 6.45) is 1.52. The first kappa shape index (κ1) is 12.1. The van der Waals surface area contributed by atoms with Crippen LogP contribution < -0.4 is 10.2 Å². The van der Waals surface area contributed by atoms with Crippen molar-refractivity contribution in [3.05, 3.63) is 29.8 Å². The van der Waals surface area contributed by atoms with Crippen LogP contribution in [0.2, 0.25) is 0 Å². The van der Waals surface area contributed by atoms with E-state index in [4.69, 9.17) is 0 Å². The summed E-state index contributed by atoms with van der Waals surface area (Å²) in [6.45, 7) is 5.84. The molecule has 0 saturated heterocycles. The van der Waals surface area contributed by atoms with Crippen LogP contribution in [-0.4, -0.2) is 25.0 Å². The van der Waals surface area contributed by atoms with Gasteiger partial charge in [0.15, 0.2) is 0 Å². The van der Waals surface area contributed by atoms with Crippen molar-refractivity contribution in [2.75, 3.05) is 18.0 Å². The molecular formula is C14H20N2O. The number of hydrogen-bond donors (Lipinski definition) is 1. The van der Waals surface area contributed by atoms with Gasteiger partial charge in [0.05, 0.1) is 0 Å². The number of rotatable bonds is 4. The van der Waals surface area contributed by atoms with Crippen LogP contribution in [0.3, 0.4) is 0 Å². The number of anilines is 1. The monoisotopic (exact) mass is 232 g/mol. The molecule has 0 bridgehead atoms. The normalized spacial score (nSPS) is 15.2. The highest BCUT2D eigenvalue weighted by atomic mass is 16.2. The second-order valence-electron chi connectivity index (χ2n) is 4.78. The Morgan fingerprint density at radius 2 is 2.06 bits per heavy atom. The highest BCUT2D eigenvalue weighted by Crippen LogP contribution is 2.26. The van der Waals surface area contributed by atoms with E-state index in [1.165, 1.54) is 5.56 Å². The molecule has 1 aliphatic rings. The zero-order valence-corrected chi connectivity index (χ0v) is 10.6. The molecular weight excluding hydrogens is 212 g/mol. The van der Waals surface area contributed by atoms with Crippen molar-refractivity contribution in [3.63, 3.8) is 0 Å². The van der Waals surface area contributed by atoms with E-state index in [1.807, 2.05) is 23.1 Å². The summed E-state index contributed by atoms with van der Waals surface area (Å²) >= 11 is 0. The maximum Gasteiger partial charge on any atom is 0.227 e. The molecule has 1 N–H and O–H groups in total. The third kappa shape index (κ3) is 2.86. The van der Waals surface area contributed by atoms with Crippen molar-refractivity contribution in [1.29, 1.82) is 0 Å². The molecule has 0 atom stereocenters. The standard InChI is InChI=1S/C14H20N2O/c1-11(2)15-9-10-16-13-6-4-3-5-12(13)7-8-14(16)17/h3-6,11,15H,7-10H2,1-2H3. The zero-order chi connectivity index (χ0) is 12.3. The number of hydrogen-bond acceptors (Lipinski definition) is 2. The molecule has 92 valence electrons. The minimum absolute atomic E-state index is 0.245. The summed E-state index contributed by atoms with van der Waals surface area (Å²) in [6, 6.07) is 8.66. The predicted octanol–water partition coefficient (Wildman–Crippen LogP) is 1.96. The lowest BCUT2D eigenvalue weighted by Gasteiger charge is -2.29. The van der Waals surface area contributed by atoms with Crippen molar-refractivity contribution in [1.82, 2.24) is 5.32 Å². The lowest BCUT2D eigenvalue weighted by atomic mass is 10.0. The van der Waals surface area contributed by atoms with Gasteiger partial charge in [-0.2, -0.15) is 0 Å². The van der Waals surface area contributed by atoms with Gasteiger partial charge in [-0.1, -0.05) is 32.0 Å². The molecule has 0 spiro atoms. The van der Waals surface area contributed by atoms with E-state index >= 15 is 0 Å². The van der Waals surface area contributed by atoms with Crippen LogP contribution in [0.5, 0.6) is 0 Å². The van der Waals surface area contributed by atoms with Crippen LogP contribution in [0.15, 0.2) is 24.3 Å². The Morgan fingerprint density at radius 3 is 2.82 bits per heavy atom. The van der Waals surface area contributed by atoms with E-state index in [9.17, 15) is 4.79 Å². The summed E-state index contributed by atoms with van der Waals surface area (Å²) in [5.74, 6) is 0.245. The largest absolute Gasteiger partial charge is 0.313 e. The molecule has 0 aromatic heterocycles. The van der Waals surface area contributed by atoms with Crippen LogP contribution in [-0.2, 0) is 11.2 Å². The molecule has 0 fully saturated rings. The minimum atomic E-state index is 0.245. The summed E-state index contributed by atoms with van der Waals surface area (Å²) < 4.78 is 0.